The fourth-order valence-corrected chi connectivity index (χ4v) is 4.97. The van der Waals surface area contributed by atoms with Gasteiger partial charge in [0.25, 0.3) is 0 Å². The molecule has 0 bridgehead atoms. The first-order chi connectivity index (χ1) is 12.2. The van der Waals surface area contributed by atoms with E-state index in [4.69, 9.17) is 4.74 Å². The second kappa shape index (κ2) is 7.45. The molecule has 3 aliphatic rings. The molecule has 136 valence electrons. The fourth-order valence-electron chi connectivity index (χ4n) is 4.97. The Morgan fingerprint density at radius 1 is 1.24 bits per heavy atom. The summed E-state index contributed by atoms with van der Waals surface area (Å²) in [7, 11) is 0. The van der Waals surface area contributed by atoms with Gasteiger partial charge < -0.3 is 9.64 Å². The second-order valence-corrected chi connectivity index (χ2v) is 8.36. The molecule has 0 unspecified atom stereocenters. The van der Waals surface area contributed by atoms with Gasteiger partial charge in [0, 0.05) is 37.8 Å². The van der Waals surface area contributed by atoms with E-state index in [1.807, 2.05) is 18.5 Å². The van der Waals surface area contributed by atoms with Crippen LogP contribution in [0.25, 0.3) is 0 Å². The predicted molar refractivity (Wildman–Crippen MR) is 97.1 cm³/mol. The normalized spacial score (nSPS) is 26.9. The molecule has 3 heterocycles. The molecule has 4 heteroatoms. The molecule has 1 aromatic heterocycles. The average Bonchev–Trinajstić information content (AvgIpc) is 3.05. The van der Waals surface area contributed by atoms with E-state index in [-0.39, 0.29) is 0 Å². The van der Waals surface area contributed by atoms with Gasteiger partial charge in [0.05, 0.1) is 12.7 Å². The van der Waals surface area contributed by atoms with E-state index in [1.165, 1.54) is 24.8 Å². The highest BCUT2D eigenvalue weighted by atomic mass is 16.5. The lowest BCUT2D eigenvalue weighted by Crippen LogP contribution is -2.46. The van der Waals surface area contributed by atoms with Crippen molar-refractivity contribution in [2.24, 2.45) is 11.3 Å². The second-order valence-electron chi connectivity index (χ2n) is 8.36. The van der Waals surface area contributed by atoms with E-state index in [1.54, 1.807) is 0 Å². The van der Waals surface area contributed by atoms with Crippen molar-refractivity contribution in [1.29, 1.82) is 0 Å². The van der Waals surface area contributed by atoms with E-state index in [2.05, 4.69) is 16.0 Å². The summed E-state index contributed by atoms with van der Waals surface area (Å²) in [5, 5.41) is 0. The Labute approximate surface area is 151 Å². The number of rotatable bonds is 3. The highest BCUT2D eigenvalue weighted by Crippen LogP contribution is 2.43. The van der Waals surface area contributed by atoms with Crippen LogP contribution in [0.5, 0.6) is 0 Å². The molecule has 0 aromatic carbocycles. The molecular weight excluding hydrogens is 312 g/mol. The number of carbonyl (C=O) groups excluding carboxylic acids is 1. The summed E-state index contributed by atoms with van der Waals surface area (Å²) in [5.41, 5.74) is 1.56. The molecule has 2 aliphatic heterocycles. The number of amides is 1. The van der Waals surface area contributed by atoms with Crippen LogP contribution in [0.2, 0.25) is 0 Å². The standard InChI is InChI=1S/C21H30N2O2/c24-20(18-6-2-1-3-7-18)23-11-8-21(9-12-23)14-19(25-16-21)13-17-5-4-10-22-15-17/h4-5,10,15,18-19H,1-3,6-9,11-14,16H2/t19-/m1/s1. The summed E-state index contributed by atoms with van der Waals surface area (Å²) in [6.45, 7) is 2.72. The van der Waals surface area contributed by atoms with Gasteiger partial charge in [-0.1, -0.05) is 25.3 Å². The molecule has 4 nitrogen and oxygen atoms in total. The Morgan fingerprint density at radius 2 is 2.04 bits per heavy atom. The lowest BCUT2D eigenvalue weighted by atomic mass is 9.75. The smallest absolute Gasteiger partial charge is 0.225 e. The first kappa shape index (κ1) is 17.0. The van der Waals surface area contributed by atoms with Gasteiger partial charge in [-0.2, -0.15) is 0 Å². The van der Waals surface area contributed by atoms with E-state index in [0.29, 0.717) is 23.3 Å². The number of likely N-dealkylation sites (tertiary alicyclic amines) is 1. The van der Waals surface area contributed by atoms with Crippen LogP contribution in [-0.2, 0) is 16.0 Å². The van der Waals surface area contributed by atoms with E-state index in [0.717, 1.165) is 58.2 Å². The largest absolute Gasteiger partial charge is 0.377 e. The number of aromatic nitrogens is 1. The van der Waals surface area contributed by atoms with Gasteiger partial charge in [0.15, 0.2) is 0 Å². The van der Waals surface area contributed by atoms with E-state index in [9.17, 15) is 4.79 Å². The Bertz CT molecular complexity index is 575. The molecule has 1 aliphatic carbocycles. The van der Waals surface area contributed by atoms with Crippen LogP contribution in [0, 0.1) is 11.3 Å². The highest BCUT2D eigenvalue weighted by molar-refractivity contribution is 5.79. The molecule has 4 rings (SSSR count). The van der Waals surface area contributed by atoms with Crippen molar-refractivity contribution in [3.8, 4) is 0 Å². The van der Waals surface area contributed by atoms with Gasteiger partial charge in [-0.05, 0) is 49.1 Å². The topological polar surface area (TPSA) is 42.4 Å². The van der Waals surface area contributed by atoms with Crippen LogP contribution in [0.1, 0.15) is 56.9 Å². The quantitative estimate of drug-likeness (QED) is 0.843. The molecule has 1 spiro atoms. The number of hydrogen-bond acceptors (Lipinski definition) is 3. The van der Waals surface area contributed by atoms with Crippen LogP contribution >= 0.6 is 0 Å². The monoisotopic (exact) mass is 342 g/mol. The van der Waals surface area contributed by atoms with Crippen molar-refractivity contribution in [1.82, 2.24) is 9.88 Å². The van der Waals surface area contributed by atoms with Gasteiger partial charge >= 0.3 is 0 Å². The van der Waals surface area contributed by atoms with Gasteiger partial charge in [-0.15, -0.1) is 0 Å². The molecule has 25 heavy (non-hydrogen) atoms. The number of hydrogen-bond donors (Lipinski definition) is 0. The van der Waals surface area contributed by atoms with Crippen molar-refractivity contribution in [2.45, 2.75) is 63.9 Å². The van der Waals surface area contributed by atoms with Crippen LogP contribution in [0.4, 0.5) is 0 Å². The van der Waals surface area contributed by atoms with E-state index >= 15 is 0 Å². The van der Waals surface area contributed by atoms with Crippen molar-refractivity contribution >= 4 is 5.91 Å². The Balaban J connectivity index is 1.29. The summed E-state index contributed by atoms with van der Waals surface area (Å²) in [5.74, 6) is 0.737. The highest BCUT2D eigenvalue weighted by Gasteiger charge is 2.43. The SMILES string of the molecule is O=C(C1CCCCC1)N1CCC2(CC1)CO[C@H](Cc1cccnc1)C2. The van der Waals surface area contributed by atoms with Gasteiger partial charge in [-0.3, -0.25) is 9.78 Å². The lowest BCUT2D eigenvalue weighted by Gasteiger charge is -2.40. The summed E-state index contributed by atoms with van der Waals surface area (Å²) in [6.07, 6.45) is 14.4. The zero-order valence-corrected chi connectivity index (χ0v) is 15.2. The molecule has 1 atom stereocenters. The Morgan fingerprint density at radius 3 is 2.76 bits per heavy atom. The summed E-state index contributed by atoms with van der Waals surface area (Å²) < 4.78 is 6.13. The Kier molecular flexibility index (Phi) is 5.07. The molecule has 0 N–H and O–H groups in total. The molecule has 1 saturated carbocycles. The summed E-state index contributed by atoms with van der Waals surface area (Å²) in [6, 6.07) is 4.13. The maximum Gasteiger partial charge on any atom is 0.225 e. The Hall–Kier alpha value is -1.42. The van der Waals surface area contributed by atoms with Gasteiger partial charge in [0.1, 0.15) is 0 Å². The number of carbonyl (C=O) groups is 1. The van der Waals surface area contributed by atoms with Crippen LogP contribution in [0.15, 0.2) is 24.5 Å². The van der Waals surface area contributed by atoms with E-state index < -0.39 is 0 Å². The minimum absolute atomic E-state index is 0.302. The number of ether oxygens (including phenoxy) is 1. The molecule has 2 saturated heterocycles. The third kappa shape index (κ3) is 3.89. The van der Waals surface area contributed by atoms with Crippen molar-refractivity contribution in [2.75, 3.05) is 19.7 Å². The van der Waals surface area contributed by atoms with Crippen LogP contribution < -0.4 is 0 Å². The molecule has 0 radical (unpaired) electrons. The predicted octanol–water partition coefficient (Wildman–Crippen LogP) is 3.60. The summed E-state index contributed by atoms with van der Waals surface area (Å²) >= 11 is 0. The first-order valence-corrected chi connectivity index (χ1v) is 10.0. The minimum Gasteiger partial charge on any atom is -0.377 e. The van der Waals surface area contributed by atoms with Gasteiger partial charge in [0.2, 0.25) is 5.91 Å². The molecular formula is C21H30N2O2. The molecule has 3 fully saturated rings. The number of pyridine rings is 1. The fraction of sp³-hybridized carbons (Fsp3) is 0.714. The lowest BCUT2D eigenvalue weighted by molar-refractivity contribution is -0.139. The maximum atomic E-state index is 12.7. The van der Waals surface area contributed by atoms with Crippen molar-refractivity contribution in [3.05, 3.63) is 30.1 Å². The van der Waals surface area contributed by atoms with Crippen molar-refractivity contribution in [3.63, 3.8) is 0 Å². The maximum absolute atomic E-state index is 12.7. The average molecular weight is 342 g/mol. The third-order valence-corrected chi connectivity index (χ3v) is 6.56. The number of piperidine rings is 1. The van der Waals surface area contributed by atoms with Crippen LogP contribution in [0.3, 0.4) is 0 Å². The summed E-state index contributed by atoms with van der Waals surface area (Å²) in [4.78, 5) is 19.1. The number of nitrogens with zero attached hydrogens (tertiary/aromatic N) is 2. The molecule has 1 amide bonds. The minimum atomic E-state index is 0.302. The van der Waals surface area contributed by atoms with Crippen molar-refractivity contribution < 1.29 is 9.53 Å². The van der Waals surface area contributed by atoms with Crippen LogP contribution in [-0.4, -0.2) is 41.6 Å². The zero-order valence-electron chi connectivity index (χ0n) is 15.2. The zero-order chi connectivity index (χ0) is 17.1. The van der Waals surface area contributed by atoms with Gasteiger partial charge in [-0.25, -0.2) is 0 Å². The third-order valence-electron chi connectivity index (χ3n) is 6.56. The first-order valence-electron chi connectivity index (χ1n) is 10.0. The molecule has 1 aromatic rings.